The number of carbonyl (C=O) groups excluding carboxylic acids is 1. The number of anilines is 1. The van der Waals surface area contributed by atoms with E-state index in [4.69, 9.17) is 10.8 Å². The number of rotatable bonds is 5. The predicted octanol–water partition coefficient (Wildman–Crippen LogP) is 1.79. The summed E-state index contributed by atoms with van der Waals surface area (Å²) in [6, 6.07) is 4.61. The smallest absolute Gasteiger partial charge is 0.335 e. The van der Waals surface area contributed by atoms with Crippen LogP contribution in [0.5, 0.6) is 0 Å². The first-order chi connectivity index (χ1) is 9.99. The highest BCUT2D eigenvalue weighted by molar-refractivity contribution is 7.09. The van der Waals surface area contributed by atoms with Gasteiger partial charge in [-0.25, -0.2) is 9.78 Å². The fraction of sp³-hybridized carbons (Fsp3) is 0.214. The van der Waals surface area contributed by atoms with Crippen molar-refractivity contribution in [1.29, 1.82) is 0 Å². The second-order valence-corrected chi connectivity index (χ2v) is 5.44. The minimum Gasteiger partial charge on any atom is -0.478 e. The Hall–Kier alpha value is -2.25. The van der Waals surface area contributed by atoms with Gasteiger partial charge in [-0.05, 0) is 24.6 Å². The second-order valence-electron chi connectivity index (χ2n) is 4.50. The number of nitrogens with zero attached hydrogens (tertiary/aromatic N) is 1. The van der Waals surface area contributed by atoms with Crippen LogP contribution < -0.4 is 11.1 Å². The van der Waals surface area contributed by atoms with Gasteiger partial charge in [0.1, 0.15) is 5.01 Å². The first-order valence-electron chi connectivity index (χ1n) is 6.26. The van der Waals surface area contributed by atoms with Crippen LogP contribution in [-0.4, -0.2) is 22.0 Å². The Kier molecular flexibility index (Phi) is 4.66. The van der Waals surface area contributed by atoms with Crippen LogP contribution in [0.25, 0.3) is 0 Å². The molecule has 0 aliphatic heterocycles. The summed E-state index contributed by atoms with van der Waals surface area (Å²) in [7, 11) is 0. The molecule has 1 heterocycles. The zero-order valence-electron chi connectivity index (χ0n) is 11.4. The van der Waals surface area contributed by atoms with E-state index in [0.29, 0.717) is 17.9 Å². The highest BCUT2D eigenvalue weighted by Gasteiger charge is 2.11. The molecule has 0 saturated carbocycles. The van der Waals surface area contributed by atoms with Crippen LogP contribution in [0.2, 0.25) is 0 Å². The van der Waals surface area contributed by atoms with Gasteiger partial charge in [-0.3, -0.25) is 4.79 Å². The zero-order valence-corrected chi connectivity index (χ0v) is 12.2. The molecule has 110 valence electrons. The van der Waals surface area contributed by atoms with E-state index in [9.17, 15) is 9.59 Å². The van der Waals surface area contributed by atoms with Gasteiger partial charge in [0, 0.05) is 17.6 Å². The van der Waals surface area contributed by atoms with Gasteiger partial charge in [0.2, 0.25) is 5.91 Å². The molecule has 21 heavy (non-hydrogen) atoms. The molecule has 0 aliphatic rings. The molecule has 0 spiro atoms. The molecule has 0 bridgehead atoms. The number of thiazole rings is 1. The van der Waals surface area contributed by atoms with E-state index in [1.165, 1.54) is 23.5 Å². The summed E-state index contributed by atoms with van der Waals surface area (Å²) in [6.07, 6.45) is 0.132. The van der Waals surface area contributed by atoms with Gasteiger partial charge in [-0.15, -0.1) is 11.3 Å². The van der Waals surface area contributed by atoms with Crippen LogP contribution in [0.1, 0.15) is 26.6 Å². The molecule has 7 heteroatoms. The lowest BCUT2D eigenvalue weighted by Crippen LogP contribution is -2.16. The third kappa shape index (κ3) is 3.87. The lowest BCUT2D eigenvalue weighted by atomic mass is 10.1. The van der Waals surface area contributed by atoms with Crippen LogP contribution in [0, 0.1) is 6.92 Å². The Morgan fingerprint density at radius 2 is 2.19 bits per heavy atom. The molecule has 1 amide bonds. The number of benzene rings is 1. The number of carboxylic acid groups (broad SMARTS) is 1. The molecule has 0 atom stereocenters. The van der Waals surface area contributed by atoms with Gasteiger partial charge < -0.3 is 16.2 Å². The minimum absolute atomic E-state index is 0.132. The lowest BCUT2D eigenvalue weighted by Gasteiger charge is -2.08. The van der Waals surface area contributed by atoms with Crippen LogP contribution in [-0.2, 0) is 17.8 Å². The van der Waals surface area contributed by atoms with Crippen molar-refractivity contribution < 1.29 is 14.7 Å². The van der Waals surface area contributed by atoms with Crippen molar-refractivity contribution in [2.24, 2.45) is 5.73 Å². The molecule has 0 saturated heterocycles. The van der Waals surface area contributed by atoms with Crippen molar-refractivity contribution in [2.75, 3.05) is 5.32 Å². The van der Waals surface area contributed by atoms with E-state index in [1.54, 1.807) is 18.4 Å². The zero-order chi connectivity index (χ0) is 15.4. The van der Waals surface area contributed by atoms with E-state index < -0.39 is 5.97 Å². The third-order valence-corrected chi connectivity index (χ3v) is 3.79. The summed E-state index contributed by atoms with van der Waals surface area (Å²) in [6.45, 7) is 2.16. The van der Waals surface area contributed by atoms with Gasteiger partial charge >= 0.3 is 5.97 Å². The number of aromatic carboxylic acids is 1. The molecular formula is C14H15N3O3S. The number of hydrogen-bond acceptors (Lipinski definition) is 5. The summed E-state index contributed by atoms with van der Waals surface area (Å²) in [4.78, 5) is 27.1. The van der Waals surface area contributed by atoms with Crippen molar-refractivity contribution >= 4 is 28.9 Å². The van der Waals surface area contributed by atoms with E-state index >= 15 is 0 Å². The Morgan fingerprint density at radius 1 is 1.43 bits per heavy atom. The standard InChI is InChI=1S/C14H15N3O3S/c1-8-2-3-9(14(19)20)4-11(8)17-12(18)5-10-7-21-13(6-15)16-10/h2-4,7H,5-6,15H2,1H3,(H,17,18)(H,19,20). The van der Waals surface area contributed by atoms with Crippen molar-refractivity contribution in [1.82, 2.24) is 4.98 Å². The number of nitrogens with one attached hydrogen (secondary N) is 1. The lowest BCUT2D eigenvalue weighted by molar-refractivity contribution is -0.115. The van der Waals surface area contributed by atoms with E-state index in [-0.39, 0.29) is 17.9 Å². The summed E-state index contributed by atoms with van der Waals surface area (Å²) in [5, 5.41) is 14.3. The van der Waals surface area contributed by atoms with Gasteiger partial charge in [0.25, 0.3) is 0 Å². The normalized spacial score (nSPS) is 10.4. The molecule has 2 rings (SSSR count). The van der Waals surface area contributed by atoms with E-state index in [1.807, 2.05) is 0 Å². The van der Waals surface area contributed by atoms with Crippen LogP contribution >= 0.6 is 11.3 Å². The fourth-order valence-electron chi connectivity index (χ4n) is 1.77. The minimum atomic E-state index is -1.03. The van der Waals surface area contributed by atoms with Crippen molar-refractivity contribution in [3.8, 4) is 0 Å². The first-order valence-corrected chi connectivity index (χ1v) is 7.14. The van der Waals surface area contributed by atoms with Gasteiger partial charge in [0.05, 0.1) is 17.7 Å². The van der Waals surface area contributed by atoms with Crippen molar-refractivity contribution in [3.63, 3.8) is 0 Å². The number of nitrogens with two attached hydrogens (primary N) is 1. The largest absolute Gasteiger partial charge is 0.478 e. The second kappa shape index (κ2) is 6.47. The average Bonchev–Trinajstić information content (AvgIpc) is 2.88. The quantitative estimate of drug-likeness (QED) is 0.781. The molecule has 0 aliphatic carbocycles. The SMILES string of the molecule is Cc1ccc(C(=O)O)cc1NC(=O)Cc1csc(CN)n1. The Bertz CT molecular complexity index is 682. The third-order valence-electron chi connectivity index (χ3n) is 2.87. The highest BCUT2D eigenvalue weighted by atomic mass is 32.1. The Morgan fingerprint density at radius 3 is 2.81 bits per heavy atom. The fourth-order valence-corrected chi connectivity index (χ4v) is 2.45. The summed E-state index contributed by atoms with van der Waals surface area (Å²) in [5.41, 5.74) is 7.56. The van der Waals surface area contributed by atoms with Crippen LogP contribution in [0.3, 0.4) is 0 Å². The van der Waals surface area contributed by atoms with E-state index in [2.05, 4.69) is 10.3 Å². The Balaban J connectivity index is 2.08. The number of aryl methyl sites for hydroxylation is 1. The molecule has 4 N–H and O–H groups in total. The molecule has 0 fully saturated rings. The van der Waals surface area contributed by atoms with Crippen LogP contribution in [0.4, 0.5) is 5.69 Å². The molecule has 0 radical (unpaired) electrons. The van der Waals surface area contributed by atoms with Crippen LogP contribution in [0.15, 0.2) is 23.6 Å². The summed E-state index contributed by atoms with van der Waals surface area (Å²) >= 11 is 1.41. The van der Waals surface area contributed by atoms with Gasteiger partial charge in [-0.1, -0.05) is 6.07 Å². The maximum absolute atomic E-state index is 12.0. The summed E-state index contributed by atoms with van der Waals surface area (Å²) in [5.74, 6) is -1.27. The average molecular weight is 305 g/mol. The monoisotopic (exact) mass is 305 g/mol. The number of aromatic nitrogens is 1. The van der Waals surface area contributed by atoms with Gasteiger partial charge in [0.15, 0.2) is 0 Å². The Labute approximate surface area is 125 Å². The number of hydrogen-bond donors (Lipinski definition) is 3. The van der Waals surface area contributed by atoms with Crippen molar-refractivity contribution in [2.45, 2.75) is 19.9 Å². The molecule has 2 aromatic rings. The highest BCUT2D eigenvalue weighted by Crippen LogP contribution is 2.18. The maximum atomic E-state index is 12.0. The summed E-state index contributed by atoms with van der Waals surface area (Å²) < 4.78 is 0. The number of carbonyl (C=O) groups is 2. The topological polar surface area (TPSA) is 105 Å². The van der Waals surface area contributed by atoms with Crippen molar-refractivity contribution in [3.05, 3.63) is 45.4 Å². The predicted molar refractivity (Wildman–Crippen MR) is 80.5 cm³/mol. The molecular weight excluding hydrogens is 290 g/mol. The number of carboxylic acids is 1. The molecule has 1 aromatic heterocycles. The maximum Gasteiger partial charge on any atom is 0.335 e. The molecule has 0 unspecified atom stereocenters. The van der Waals surface area contributed by atoms with E-state index in [0.717, 1.165) is 10.6 Å². The first kappa shape index (κ1) is 15.1. The van der Waals surface area contributed by atoms with Gasteiger partial charge in [-0.2, -0.15) is 0 Å². The number of amides is 1. The molecule has 6 nitrogen and oxygen atoms in total. The molecule has 1 aromatic carbocycles.